The first-order valence-electron chi connectivity index (χ1n) is 7.68. The molecule has 5 nitrogen and oxygen atoms in total. The van der Waals surface area contributed by atoms with Crippen molar-refractivity contribution < 1.29 is 9.53 Å². The number of rotatable bonds is 5. The minimum atomic E-state index is -0.450. The molecule has 1 amide bonds. The molecule has 0 spiro atoms. The number of aromatic nitrogens is 1. The van der Waals surface area contributed by atoms with Gasteiger partial charge in [0, 0.05) is 24.5 Å². The number of carbonyl (C=O) groups is 1. The van der Waals surface area contributed by atoms with Crippen LogP contribution in [0.15, 0.2) is 11.6 Å². The van der Waals surface area contributed by atoms with Crippen molar-refractivity contribution in [2.45, 2.75) is 39.3 Å². The Hall–Kier alpha value is -2.50. The normalized spacial score (nSPS) is 17.6. The van der Waals surface area contributed by atoms with E-state index in [0.29, 0.717) is 0 Å². The summed E-state index contributed by atoms with van der Waals surface area (Å²) < 4.78 is 7.87. The van der Waals surface area contributed by atoms with Crippen LogP contribution in [0.25, 0.3) is 6.08 Å². The summed E-state index contributed by atoms with van der Waals surface area (Å²) in [4.78, 5) is 11.9. The lowest BCUT2D eigenvalue weighted by molar-refractivity contribution is -0.116. The fraction of sp³-hybridized carbons (Fsp3) is 0.444. The monoisotopic (exact) mass is 311 g/mol. The highest BCUT2D eigenvalue weighted by molar-refractivity contribution is 6.01. The molecule has 2 heterocycles. The molecule has 1 aromatic heterocycles. The predicted molar refractivity (Wildman–Crippen MR) is 88.3 cm³/mol. The van der Waals surface area contributed by atoms with Gasteiger partial charge in [-0.25, -0.2) is 0 Å². The van der Waals surface area contributed by atoms with E-state index in [1.54, 1.807) is 6.08 Å². The molecule has 1 aromatic rings. The van der Waals surface area contributed by atoms with Crippen LogP contribution in [0.3, 0.4) is 0 Å². The quantitative estimate of drug-likeness (QED) is 0.513. The molecule has 0 aliphatic carbocycles. The van der Waals surface area contributed by atoms with Crippen molar-refractivity contribution >= 4 is 12.0 Å². The molecular formula is C18H21N3O2. The lowest BCUT2D eigenvalue weighted by atomic mass is 10.1. The molecule has 1 aliphatic rings. The highest BCUT2D eigenvalue weighted by Crippen LogP contribution is 2.22. The maximum Gasteiger partial charge on any atom is 0.262 e. The van der Waals surface area contributed by atoms with Crippen molar-refractivity contribution in [3.8, 4) is 18.4 Å². The molecule has 5 heteroatoms. The molecule has 1 unspecified atom stereocenters. The van der Waals surface area contributed by atoms with Crippen LogP contribution in [-0.4, -0.2) is 29.7 Å². The number of terminal acetylenes is 1. The van der Waals surface area contributed by atoms with E-state index in [-0.39, 0.29) is 18.2 Å². The SMILES string of the molecule is C#CCNC(=O)/C(C#N)=C\c1cc(C)n(CC2CCCO2)c1C. The smallest absolute Gasteiger partial charge is 0.262 e. The highest BCUT2D eigenvalue weighted by Gasteiger charge is 2.19. The van der Waals surface area contributed by atoms with Gasteiger partial charge in [0.05, 0.1) is 12.6 Å². The Labute approximate surface area is 136 Å². The van der Waals surface area contributed by atoms with E-state index in [1.165, 1.54) is 0 Å². The van der Waals surface area contributed by atoms with Crippen molar-refractivity contribution in [3.63, 3.8) is 0 Å². The van der Waals surface area contributed by atoms with E-state index < -0.39 is 5.91 Å². The predicted octanol–water partition coefficient (Wildman–Crippen LogP) is 1.94. The number of nitrogens with zero attached hydrogens (tertiary/aromatic N) is 2. The van der Waals surface area contributed by atoms with Crippen molar-refractivity contribution in [1.29, 1.82) is 5.26 Å². The molecular weight excluding hydrogens is 290 g/mol. The summed E-state index contributed by atoms with van der Waals surface area (Å²) in [6.07, 6.45) is 9.14. The second-order valence-electron chi connectivity index (χ2n) is 5.63. The van der Waals surface area contributed by atoms with Crippen molar-refractivity contribution in [3.05, 3.63) is 28.6 Å². The zero-order valence-corrected chi connectivity index (χ0v) is 13.6. The van der Waals surface area contributed by atoms with Gasteiger partial charge in [-0.2, -0.15) is 5.26 Å². The highest BCUT2D eigenvalue weighted by atomic mass is 16.5. The third kappa shape index (κ3) is 4.03. The van der Waals surface area contributed by atoms with Crippen LogP contribution < -0.4 is 5.32 Å². The average molecular weight is 311 g/mol. The molecule has 0 aromatic carbocycles. The molecule has 0 radical (unpaired) electrons. The van der Waals surface area contributed by atoms with Gasteiger partial charge in [0.15, 0.2) is 0 Å². The zero-order chi connectivity index (χ0) is 16.8. The fourth-order valence-corrected chi connectivity index (χ4v) is 2.78. The Morgan fingerprint density at radius 2 is 2.39 bits per heavy atom. The minimum Gasteiger partial charge on any atom is -0.376 e. The van der Waals surface area contributed by atoms with Gasteiger partial charge < -0.3 is 14.6 Å². The first-order chi connectivity index (χ1) is 11.1. The summed E-state index contributed by atoms with van der Waals surface area (Å²) in [6, 6.07) is 3.92. The summed E-state index contributed by atoms with van der Waals surface area (Å²) in [5.74, 6) is 1.87. The van der Waals surface area contributed by atoms with E-state index in [2.05, 4.69) is 15.8 Å². The number of hydrogen-bond acceptors (Lipinski definition) is 3. The van der Waals surface area contributed by atoms with Gasteiger partial charge in [-0.3, -0.25) is 4.79 Å². The van der Waals surface area contributed by atoms with Crippen molar-refractivity contribution in [2.75, 3.05) is 13.2 Å². The van der Waals surface area contributed by atoms with E-state index in [0.717, 1.165) is 42.9 Å². The van der Waals surface area contributed by atoms with Gasteiger partial charge in [0.25, 0.3) is 5.91 Å². The van der Waals surface area contributed by atoms with Crippen LogP contribution in [0.4, 0.5) is 0 Å². The third-order valence-corrected chi connectivity index (χ3v) is 4.04. The van der Waals surface area contributed by atoms with E-state index >= 15 is 0 Å². The maximum atomic E-state index is 11.9. The second-order valence-corrected chi connectivity index (χ2v) is 5.63. The van der Waals surface area contributed by atoms with Crippen molar-refractivity contribution in [1.82, 2.24) is 9.88 Å². The van der Waals surface area contributed by atoms with Gasteiger partial charge in [-0.15, -0.1) is 6.42 Å². The van der Waals surface area contributed by atoms with Gasteiger partial charge in [0.1, 0.15) is 11.6 Å². The van der Waals surface area contributed by atoms with Crippen LogP contribution >= 0.6 is 0 Å². The zero-order valence-electron chi connectivity index (χ0n) is 13.6. The molecule has 0 saturated carbocycles. The molecule has 1 atom stereocenters. The third-order valence-electron chi connectivity index (χ3n) is 4.04. The number of amides is 1. The first-order valence-corrected chi connectivity index (χ1v) is 7.68. The Balaban J connectivity index is 2.22. The standard InChI is InChI=1S/C18H21N3O2/c1-4-7-20-18(22)16(11-19)10-15-9-13(2)21(14(15)3)12-17-6-5-8-23-17/h1,9-10,17H,5-8,12H2,2-3H3,(H,20,22)/b16-10-. The number of carbonyl (C=O) groups excluding carboxylic acids is 1. The molecule has 1 aliphatic heterocycles. The summed E-state index contributed by atoms with van der Waals surface area (Å²) in [7, 11) is 0. The van der Waals surface area contributed by atoms with Gasteiger partial charge in [0.2, 0.25) is 0 Å². The van der Waals surface area contributed by atoms with Crippen molar-refractivity contribution in [2.24, 2.45) is 0 Å². The van der Waals surface area contributed by atoms with E-state index in [1.807, 2.05) is 26.0 Å². The summed E-state index contributed by atoms with van der Waals surface area (Å²) in [6.45, 7) is 5.74. The van der Waals surface area contributed by atoms with Crippen LogP contribution in [0.1, 0.15) is 29.8 Å². The first kappa shape index (κ1) is 16.9. The number of nitrogens with one attached hydrogen (secondary N) is 1. The largest absolute Gasteiger partial charge is 0.376 e. The number of hydrogen-bond donors (Lipinski definition) is 1. The Morgan fingerprint density at radius 1 is 1.61 bits per heavy atom. The van der Waals surface area contributed by atoms with Gasteiger partial charge in [-0.1, -0.05) is 5.92 Å². The summed E-state index contributed by atoms with van der Waals surface area (Å²) >= 11 is 0. The molecule has 2 rings (SSSR count). The second kappa shape index (κ2) is 7.67. The number of ether oxygens (including phenoxy) is 1. The number of nitriles is 1. The maximum absolute atomic E-state index is 11.9. The van der Waals surface area contributed by atoms with Gasteiger partial charge in [-0.05, 0) is 44.4 Å². The minimum absolute atomic E-state index is 0.0533. The van der Waals surface area contributed by atoms with Gasteiger partial charge >= 0.3 is 0 Å². The number of aryl methyl sites for hydroxylation is 1. The van der Waals surface area contributed by atoms with Crippen LogP contribution in [-0.2, 0) is 16.1 Å². The molecule has 1 fully saturated rings. The Morgan fingerprint density at radius 3 is 3.00 bits per heavy atom. The average Bonchev–Trinajstić information content (AvgIpc) is 3.14. The molecule has 23 heavy (non-hydrogen) atoms. The van der Waals surface area contributed by atoms with E-state index in [4.69, 9.17) is 11.2 Å². The van der Waals surface area contributed by atoms with Crippen LogP contribution in [0.2, 0.25) is 0 Å². The Bertz CT molecular complexity index is 695. The molecule has 120 valence electrons. The van der Waals surface area contributed by atoms with Crippen LogP contribution in [0.5, 0.6) is 0 Å². The lowest BCUT2D eigenvalue weighted by Gasteiger charge is -2.14. The molecule has 1 saturated heterocycles. The Kier molecular flexibility index (Phi) is 5.62. The fourth-order valence-electron chi connectivity index (χ4n) is 2.78. The lowest BCUT2D eigenvalue weighted by Crippen LogP contribution is -2.24. The van der Waals surface area contributed by atoms with E-state index in [9.17, 15) is 10.1 Å². The molecule has 1 N–H and O–H groups in total. The summed E-state index contributed by atoms with van der Waals surface area (Å²) in [5.41, 5.74) is 3.03. The molecule has 0 bridgehead atoms. The summed E-state index contributed by atoms with van der Waals surface area (Å²) in [5, 5.41) is 11.7. The van der Waals surface area contributed by atoms with Crippen LogP contribution in [0, 0.1) is 37.5 Å². The topological polar surface area (TPSA) is 67.0 Å².